The molecule has 0 spiro atoms. The van der Waals surface area contributed by atoms with E-state index in [2.05, 4.69) is 5.32 Å². The number of hydroxylamine groups is 2. The summed E-state index contributed by atoms with van der Waals surface area (Å²) in [7, 11) is 1.59. The Morgan fingerprint density at radius 1 is 1.29 bits per heavy atom. The molecule has 0 unspecified atom stereocenters. The number of rotatable bonds is 7. The van der Waals surface area contributed by atoms with E-state index in [4.69, 9.17) is 9.47 Å². The molecule has 2 rings (SSSR count). The average Bonchev–Trinajstić information content (AvgIpc) is 3.09. The number of carbonyl (C=O) groups excluding carboxylic acids is 1. The Hall–Kier alpha value is -1.95. The predicted octanol–water partition coefficient (Wildman–Crippen LogP) is 4.43. The summed E-state index contributed by atoms with van der Waals surface area (Å²) < 4.78 is 11.4. The fourth-order valence-electron chi connectivity index (χ4n) is 3.01. The van der Waals surface area contributed by atoms with E-state index in [1.807, 2.05) is 13.8 Å². The van der Waals surface area contributed by atoms with Crippen LogP contribution in [0.2, 0.25) is 0 Å². The third-order valence-electron chi connectivity index (χ3n) is 4.51. The minimum Gasteiger partial charge on any atom is -0.493 e. The number of carbonyl (C=O) groups is 1. The van der Waals surface area contributed by atoms with Gasteiger partial charge in [0.2, 0.25) is 0 Å². The highest BCUT2D eigenvalue weighted by Crippen LogP contribution is 2.34. The first-order valence-corrected chi connectivity index (χ1v) is 8.72. The largest absolute Gasteiger partial charge is 0.493 e. The Bertz CT molecular complexity index is 540. The zero-order valence-corrected chi connectivity index (χ0v) is 14.7. The summed E-state index contributed by atoms with van der Waals surface area (Å²) in [5.41, 5.74) is 0.568. The maximum Gasteiger partial charge on any atom is 0.345 e. The third-order valence-corrected chi connectivity index (χ3v) is 4.51. The molecule has 1 aromatic rings. The number of amides is 2. The van der Waals surface area contributed by atoms with Crippen molar-refractivity contribution >= 4 is 11.7 Å². The molecular formula is C18H28N2O4. The van der Waals surface area contributed by atoms with Gasteiger partial charge in [-0.25, -0.2) is 9.86 Å². The van der Waals surface area contributed by atoms with Gasteiger partial charge < -0.3 is 14.8 Å². The van der Waals surface area contributed by atoms with Gasteiger partial charge in [0.15, 0.2) is 11.5 Å². The molecule has 0 atom stereocenters. The molecule has 1 aromatic carbocycles. The molecular weight excluding hydrogens is 308 g/mol. The number of methoxy groups -OCH3 is 1. The van der Waals surface area contributed by atoms with E-state index in [9.17, 15) is 10.0 Å². The predicted molar refractivity (Wildman–Crippen MR) is 92.9 cm³/mol. The van der Waals surface area contributed by atoms with Gasteiger partial charge in [0, 0.05) is 11.8 Å². The number of ether oxygens (including phenoxy) is 2. The topological polar surface area (TPSA) is 71.0 Å². The molecule has 0 bridgehead atoms. The number of hydrogen-bond donors (Lipinski definition) is 2. The molecule has 0 aliphatic heterocycles. The van der Waals surface area contributed by atoms with Crippen LogP contribution in [0.3, 0.4) is 0 Å². The summed E-state index contributed by atoms with van der Waals surface area (Å²) in [5, 5.41) is 13.5. The number of hydrogen-bond acceptors (Lipinski definition) is 4. The molecule has 2 N–H and O–H groups in total. The van der Waals surface area contributed by atoms with Gasteiger partial charge in [-0.15, -0.1) is 0 Å². The van der Waals surface area contributed by atoms with Crippen LogP contribution in [0.1, 0.15) is 52.4 Å². The monoisotopic (exact) mass is 336 g/mol. The van der Waals surface area contributed by atoms with Gasteiger partial charge in [0.05, 0.1) is 19.3 Å². The number of anilines is 1. The van der Waals surface area contributed by atoms with E-state index in [1.54, 1.807) is 25.3 Å². The lowest BCUT2D eigenvalue weighted by Gasteiger charge is -2.24. The molecule has 1 fully saturated rings. The molecule has 1 aliphatic rings. The van der Waals surface area contributed by atoms with Crippen LogP contribution >= 0.6 is 0 Å². The average molecular weight is 336 g/mol. The summed E-state index contributed by atoms with van der Waals surface area (Å²) in [6, 6.07) is 4.51. The molecule has 6 heteroatoms. The third kappa shape index (κ3) is 4.54. The Morgan fingerprint density at radius 3 is 2.54 bits per heavy atom. The molecule has 134 valence electrons. The second-order valence-corrected chi connectivity index (χ2v) is 6.13. The van der Waals surface area contributed by atoms with Crippen molar-refractivity contribution in [2.24, 2.45) is 0 Å². The zero-order valence-electron chi connectivity index (χ0n) is 14.7. The van der Waals surface area contributed by atoms with Crippen molar-refractivity contribution in [3.05, 3.63) is 18.2 Å². The fourth-order valence-corrected chi connectivity index (χ4v) is 3.01. The van der Waals surface area contributed by atoms with E-state index in [0.717, 1.165) is 17.9 Å². The lowest BCUT2D eigenvalue weighted by Crippen LogP contribution is -2.39. The fraction of sp³-hybridized carbons (Fsp3) is 0.611. The van der Waals surface area contributed by atoms with Crippen molar-refractivity contribution < 1.29 is 19.5 Å². The Morgan fingerprint density at radius 2 is 1.96 bits per heavy atom. The first kappa shape index (κ1) is 18.4. The lowest BCUT2D eigenvalue weighted by molar-refractivity contribution is -0.0747. The molecule has 6 nitrogen and oxygen atoms in total. The SMILES string of the molecule is CCC(CC)N(O)C(=O)Nc1ccc(OC)c(OC2CCCC2)c1. The molecule has 0 saturated heterocycles. The highest BCUT2D eigenvalue weighted by molar-refractivity contribution is 5.89. The molecule has 2 amide bonds. The highest BCUT2D eigenvalue weighted by atomic mass is 16.5. The summed E-state index contributed by atoms with van der Waals surface area (Å²) in [5.74, 6) is 1.26. The van der Waals surface area contributed by atoms with Crippen molar-refractivity contribution in [1.82, 2.24) is 5.06 Å². The molecule has 1 aliphatic carbocycles. The van der Waals surface area contributed by atoms with Crippen LogP contribution in [-0.4, -0.2) is 35.6 Å². The molecule has 24 heavy (non-hydrogen) atoms. The van der Waals surface area contributed by atoms with Crippen LogP contribution in [0, 0.1) is 0 Å². The minimum atomic E-state index is -0.541. The summed E-state index contributed by atoms with van der Waals surface area (Å²) in [6.07, 6.45) is 6.02. The van der Waals surface area contributed by atoms with Crippen molar-refractivity contribution in [2.45, 2.75) is 64.5 Å². The number of benzene rings is 1. The van der Waals surface area contributed by atoms with Crippen molar-refractivity contribution in [3.63, 3.8) is 0 Å². The Balaban J connectivity index is 2.08. The van der Waals surface area contributed by atoms with E-state index in [0.29, 0.717) is 30.0 Å². The van der Waals surface area contributed by atoms with Gasteiger partial charge in [-0.3, -0.25) is 5.21 Å². The van der Waals surface area contributed by atoms with E-state index >= 15 is 0 Å². The zero-order chi connectivity index (χ0) is 17.5. The van der Waals surface area contributed by atoms with Crippen LogP contribution in [0.4, 0.5) is 10.5 Å². The number of nitrogens with one attached hydrogen (secondary N) is 1. The molecule has 1 saturated carbocycles. The van der Waals surface area contributed by atoms with Gasteiger partial charge in [0.1, 0.15) is 0 Å². The standard InChI is InChI=1S/C18H28N2O4/c1-4-14(5-2)20(22)18(21)19-13-10-11-16(23-3)17(12-13)24-15-8-6-7-9-15/h10-12,14-15,22H,4-9H2,1-3H3,(H,19,21). The summed E-state index contributed by atoms with van der Waals surface area (Å²) in [6.45, 7) is 3.87. The second kappa shape index (κ2) is 8.78. The van der Waals surface area contributed by atoms with Gasteiger partial charge in [0.25, 0.3) is 0 Å². The van der Waals surface area contributed by atoms with Gasteiger partial charge in [-0.05, 0) is 50.7 Å². The first-order valence-electron chi connectivity index (χ1n) is 8.72. The van der Waals surface area contributed by atoms with E-state index in [1.165, 1.54) is 12.8 Å². The van der Waals surface area contributed by atoms with Crippen LogP contribution in [0.5, 0.6) is 11.5 Å². The Kier molecular flexibility index (Phi) is 6.73. The number of urea groups is 1. The van der Waals surface area contributed by atoms with Crippen molar-refractivity contribution in [3.8, 4) is 11.5 Å². The van der Waals surface area contributed by atoms with Crippen LogP contribution < -0.4 is 14.8 Å². The van der Waals surface area contributed by atoms with Crippen LogP contribution in [0.25, 0.3) is 0 Å². The van der Waals surface area contributed by atoms with E-state index in [-0.39, 0.29) is 12.1 Å². The Labute approximate surface area is 143 Å². The quantitative estimate of drug-likeness (QED) is 0.571. The minimum absolute atomic E-state index is 0.197. The normalized spacial score (nSPS) is 14.7. The maximum atomic E-state index is 12.2. The van der Waals surface area contributed by atoms with Gasteiger partial charge >= 0.3 is 6.03 Å². The van der Waals surface area contributed by atoms with Crippen molar-refractivity contribution in [2.75, 3.05) is 12.4 Å². The smallest absolute Gasteiger partial charge is 0.345 e. The van der Waals surface area contributed by atoms with Gasteiger partial charge in [-0.2, -0.15) is 0 Å². The first-order chi connectivity index (χ1) is 11.6. The summed E-state index contributed by atoms with van der Waals surface area (Å²) in [4.78, 5) is 12.2. The highest BCUT2D eigenvalue weighted by Gasteiger charge is 2.21. The van der Waals surface area contributed by atoms with Crippen LogP contribution in [0.15, 0.2) is 18.2 Å². The maximum absolute atomic E-state index is 12.2. The summed E-state index contributed by atoms with van der Waals surface area (Å²) >= 11 is 0. The second-order valence-electron chi connectivity index (χ2n) is 6.13. The van der Waals surface area contributed by atoms with Crippen molar-refractivity contribution in [1.29, 1.82) is 0 Å². The van der Waals surface area contributed by atoms with Gasteiger partial charge in [-0.1, -0.05) is 13.8 Å². The molecule has 0 aromatic heterocycles. The van der Waals surface area contributed by atoms with E-state index < -0.39 is 6.03 Å². The molecule has 0 heterocycles. The molecule has 0 radical (unpaired) electrons. The van der Waals surface area contributed by atoms with Crippen LogP contribution in [-0.2, 0) is 0 Å². The number of nitrogens with zero attached hydrogens (tertiary/aromatic N) is 1. The lowest BCUT2D eigenvalue weighted by atomic mass is 10.2.